The number of carbonyl (C=O) groups is 2. The maximum Gasteiger partial charge on any atom is 0.282 e. The van der Waals surface area contributed by atoms with E-state index in [9.17, 15) is 18.0 Å². The lowest BCUT2D eigenvalue weighted by molar-refractivity contribution is -0.135. The van der Waals surface area contributed by atoms with Crippen LogP contribution in [0.3, 0.4) is 0 Å². The molecule has 2 rings (SSSR count). The van der Waals surface area contributed by atoms with Crippen LogP contribution in [0.1, 0.15) is 38.1 Å². The molecule has 1 N–H and O–H groups in total. The number of piperazine rings is 1. The van der Waals surface area contributed by atoms with Gasteiger partial charge < -0.3 is 10.2 Å². The number of nitrogens with one attached hydrogen (secondary N) is 1. The minimum absolute atomic E-state index is 0.119. The summed E-state index contributed by atoms with van der Waals surface area (Å²) in [6, 6.07) is 5.77. The molecule has 168 valence electrons. The number of halogens is 1. The summed E-state index contributed by atoms with van der Waals surface area (Å²) in [5, 5.41) is 3.34. The second kappa shape index (κ2) is 10.6. The Labute approximate surface area is 184 Å². The molecule has 30 heavy (non-hydrogen) atoms. The summed E-state index contributed by atoms with van der Waals surface area (Å²) >= 11 is 5.86. The molecule has 1 aromatic carbocycles. The molecular weight excluding hydrogens is 428 g/mol. The number of hydrogen-bond acceptors (Lipinski definition) is 4. The summed E-state index contributed by atoms with van der Waals surface area (Å²) in [6.45, 7) is 9.21. The largest absolute Gasteiger partial charge is 0.340 e. The van der Waals surface area contributed by atoms with Crippen molar-refractivity contribution in [3.05, 3.63) is 34.9 Å². The quantitative estimate of drug-likeness (QED) is 0.643. The van der Waals surface area contributed by atoms with E-state index in [0.29, 0.717) is 36.8 Å². The Kier molecular flexibility index (Phi) is 8.66. The van der Waals surface area contributed by atoms with E-state index >= 15 is 0 Å². The topological polar surface area (TPSA) is 90.0 Å². The Morgan fingerprint density at radius 3 is 2.07 bits per heavy atom. The molecule has 0 bridgehead atoms. The van der Waals surface area contributed by atoms with Crippen molar-refractivity contribution in [3.8, 4) is 0 Å². The van der Waals surface area contributed by atoms with Crippen LogP contribution < -0.4 is 5.32 Å². The van der Waals surface area contributed by atoms with Crippen LogP contribution in [-0.2, 0) is 15.0 Å². The molecule has 8 nitrogen and oxygen atoms in total. The van der Waals surface area contributed by atoms with E-state index in [-0.39, 0.29) is 30.8 Å². The van der Waals surface area contributed by atoms with E-state index in [4.69, 9.17) is 11.6 Å². The van der Waals surface area contributed by atoms with Gasteiger partial charge in [0.15, 0.2) is 0 Å². The molecule has 0 spiro atoms. The molecule has 1 heterocycles. The zero-order chi connectivity index (χ0) is 22.5. The number of amides is 2. The number of benzene rings is 1. The average Bonchev–Trinajstić information content (AvgIpc) is 2.72. The summed E-state index contributed by atoms with van der Waals surface area (Å²) < 4.78 is 28.2. The van der Waals surface area contributed by atoms with Gasteiger partial charge in [-0.1, -0.05) is 39.3 Å². The first-order valence-corrected chi connectivity index (χ1v) is 12.0. The number of carbonyl (C=O) groups excluding carboxylic acids is 2. The highest BCUT2D eigenvalue weighted by Gasteiger charge is 2.35. The van der Waals surface area contributed by atoms with E-state index < -0.39 is 16.3 Å². The van der Waals surface area contributed by atoms with Gasteiger partial charge in [0.05, 0.1) is 0 Å². The smallest absolute Gasteiger partial charge is 0.282 e. The van der Waals surface area contributed by atoms with Crippen molar-refractivity contribution >= 4 is 33.6 Å². The lowest BCUT2D eigenvalue weighted by atomic mass is 10.0. The van der Waals surface area contributed by atoms with E-state index in [1.54, 1.807) is 43.0 Å². The molecule has 1 aromatic rings. The van der Waals surface area contributed by atoms with Gasteiger partial charge in [-0.25, -0.2) is 0 Å². The number of nitrogens with zero attached hydrogens (tertiary/aromatic N) is 3. The number of rotatable bonds is 8. The monoisotopic (exact) mass is 458 g/mol. The third-order valence-corrected chi connectivity index (χ3v) is 7.67. The molecule has 1 atom stereocenters. The van der Waals surface area contributed by atoms with Gasteiger partial charge in [-0.3, -0.25) is 9.59 Å². The van der Waals surface area contributed by atoms with Gasteiger partial charge in [0.1, 0.15) is 6.04 Å². The second-order valence-corrected chi connectivity index (χ2v) is 9.88. The predicted molar refractivity (Wildman–Crippen MR) is 118 cm³/mol. The minimum Gasteiger partial charge on any atom is -0.340 e. The fraction of sp³-hybridized carbons (Fsp3) is 0.600. The van der Waals surface area contributed by atoms with Crippen molar-refractivity contribution < 1.29 is 18.0 Å². The summed E-state index contributed by atoms with van der Waals surface area (Å²) in [5.41, 5.74) is 0.424. The van der Waals surface area contributed by atoms with Crippen LogP contribution in [0.5, 0.6) is 0 Å². The lowest BCUT2D eigenvalue weighted by Crippen LogP contribution is -2.58. The summed E-state index contributed by atoms with van der Waals surface area (Å²) in [6.07, 6.45) is 0. The zero-order valence-electron chi connectivity index (χ0n) is 18.0. The van der Waals surface area contributed by atoms with Crippen LogP contribution in [0.2, 0.25) is 5.02 Å². The standard InChI is InChI=1S/C20H31ClN4O4S/c1-5-24(6-2)30(28,29)25-13-11-23(12-14-25)20(27)18(15(3)4)22-19(26)16-7-9-17(21)10-8-16/h7-10,15,18H,5-6,11-14H2,1-4H3,(H,22,26). The van der Waals surface area contributed by atoms with Crippen LogP contribution in [0.15, 0.2) is 24.3 Å². The van der Waals surface area contributed by atoms with Crippen LogP contribution >= 0.6 is 11.6 Å². The van der Waals surface area contributed by atoms with Crippen molar-refractivity contribution in [2.24, 2.45) is 5.92 Å². The third kappa shape index (κ3) is 5.72. The molecule has 0 aliphatic carbocycles. The third-order valence-electron chi connectivity index (χ3n) is 5.23. The number of hydrogen-bond donors (Lipinski definition) is 1. The van der Waals surface area contributed by atoms with Gasteiger partial charge in [0.25, 0.3) is 16.1 Å². The fourth-order valence-electron chi connectivity index (χ4n) is 3.39. The molecule has 0 saturated carbocycles. The highest BCUT2D eigenvalue weighted by atomic mass is 35.5. The van der Waals surface area contributed by atoms with Crippen LogP contribution in [-0.4, -0.2) is 79.1 Å². The van der Waals surface area contributed by atoms with Gasteiger partial charge in [-0.05, 0) is 30.2 Å². The molecule has 1 saturated heterocycles. The average molecular weight is 459 g/mol. The fourth-order valence-corrected chi connectivity index (χ4v) is 5.12. The minimum atomic E-state index is -3.52. The van der Waals surface area contributed by atoms with Crippen molar-refractivity contribution in [3.63, 3.8) is 0 Å². The molecular formula is C20H31ClN4O4S. The molecule has 1 fully saturated rings. The van der Waals surface area contributed by atoms with Gasteiger partial charge in [-0.15, -0.1) is 0 Å². The van der Waals surface area contributed by atoms with E-state index in [1.807, 2.05) is 13.8 Å². The molecule has 0 radical (unpaired) electrons. The Hall–Kier alpha value is -1.68. The van der Waals surface area contributed by atoms with Crippen molar-refractivity contribution in [2.45, 2.75) is 33.7 Å². The van der Waals surface area contributed by atoms with E-state index in [2.05, 4.69) is 5.32 Å². The first-order valence-electron chi connectivity index (χ1n) is 10.2. The van der Waals surface area contributed by atoms with E-state index in [1.165, 1.54) is 8.61 Å². The summed E-state index contributed by atoms with van der Waals surface area (Å²) in [4.78, 5) is 27.3. The summed E-state index contributed by atoms with van der Waals surface area (Å²) in [5.74, 6) is -0.667. The Balaban J connectivity index is 2.03. The van der Waals surface area contributed by atoms with Gasteiger partial charge >= 0.3 is 0 Å². The van der Waals surface area contributed by atoms with Crippen molar-refractivity contribution in [2.75, 3.05) is 39.3 Å². The van der Waals surface area contributed by atoms with Gasteiger partial charge in [0, 0.05) is 49.9 Å². The Morgan fingerprint density at radius 1 is 1.07 bits per heavy atom. The molecule has 1 unspecified atom stereocenters. The maximum atomic E-state index is 13.1. The first-order chi connectivity index (χ1) is 14.1. The maximum absolute atomic E-state index is 13.1. The molecule has 10 heteroatoms. The van der Waals surface area contributed by atoms with Crippen LogP contribution in [0.4, 0.5) is 0 Å². The molecule has 0 aromatic heterocycles. The first kappa shape index (κ1) is 24.6. The molecule has 1 aliphatic rings. The SMILES string of the molecule is CCN(CC)S(=O)(=O)N1CCN(C(=O)C(NC(=O)c2ccc(Cl)cc2)C(C)C)CC1. The van der Waals surface area contributed by atoms with Crippen molar-refractivity contribution in [1.82, 2.24) is 18.8 Å². The van der Waals surface area contributed by atoms with Gasteiger partial charge in [0.2, 0.25) is 5.91 Å². The Bertz CT molecular complexity index is 833. The van der Waals surface area contributed by atoms with E-state index in [0.717, 1.165) is 0 Å². The zero-order valence-corrected chi connectivity index (χ0v) is 19.5. The molecule has 2 amide bonds. The predicted octanol–water partition coefficient (Wildman–Crippen LogP) is 1.83. The van der Waals surface area contributed by atoms with Crippen LogP contribution in [0.25, 0.3) is 0 Å². The van der Waals surface area contributed by atoms with Crippen LogP contribution in [0, 0.1) is 5.92 Å². The lowest BCUT2D eigenvalue weighted by Gasteiger charge is -2.38. The molecule has 1 aliphatic heterocycles. The highest BCUT2D eigenvalue weighted by molar-refractivity contribution is 7.86. The normalized spacial score (nSPS) is 16.7. The van der Waals surface area contributed by atoms with Crippen molar-refractivity contribution in [1.29, 1.82) is 0 Å². The summed E-state index contributed by atoms with van der Waals surface area (Å²) in [7, 11) is -3.52. The van der Waals surface area contributed by atoms with Gasteiger partial charge in [-0.2, -0.15) is 17.0 Å². The Morgan fingerprint density at radius 2 is 1.60 bits per heavy atom. The second-order valence-electron chi connectivity index (χ2n) is 7.52. The highest BCUT2D eigenvalue weighted by Crippen LogP contribution is 2.16.